The van der Waals surface area contributed by atoms with Crippen molar-refractivity contribution < 1.29 is 14.8 Å². The first kappa shape index (κ1) is 13.3. The maximum atomic E-state index is 12.2. The molecule has 1 unspecified atom stereocenters. The lowest BCUT2D eigenvalue weighted by molar-refractivity contribution is -0.383. The summed E-state index contributed by atoms with van der Waals surface area (Å²) >= 11 is 0. The molecule has 0 radical (unpaired) electrons. The molecule has 0 aliphatic carbocycles. The third kappa shape index (κ3) is 2.50. The van der Waals surface area contributed by atoms with Crippen molar-refractivity contribution in [1.82, 2.24) is 4.90 Å². The van der Waals surface area contributed by atoms with Crippen LogP contribution in [0.1, 0.15) is 16.8 Å². The van der Waals surface area contributed by atoms with Crippen LogP contribution in [0.2, 0.25) is 0 Å². The highest BCUT2D eigenvalue weighted by Crippen LogP contribution is 2.27. The summed E-state index contributed by atoms with van der Waals surface area (Å²) in [5.41, 5.74) is 5.46. The quantitative estimate of drug-likeness (QED) is 0.473. The van der Waals surface area contributed by atoms with Crippen LogP contribution in [-0.2, 0) is 0 Å². The number of para-hydroxylation sites is 1. The molecule has 0 bridgehead atoms. The van der Waals surface area contributed by atoms with Crippen LogP contribution in [0.4, 0.5) is 11.4 Å². The van der Waals surface area contributed by atoms with Gasteiger partial charge in [0.15, 0.2) is 0 Å². The highest BCUT2D eigenvalue weighted by atomic mass is 16.6. The molecule has 1 aliphatic heterocycles. The number of amides is 1. The molecule has 0 aromatic heterocycles. The van der Waals surface area contributed by atoms with Crippen molar-refractivity contribution in [2.24, 2.45) is 5.92 Å². The number of benzene rings is 1. The summed E-state index contributed by atoms with van der Waals surface area (Å²) < 4.78 is 0. The molecule has 2 rings (SSSR count). The van der Waals surface area contributed by atoms with Crippen molar-refractivity contribution in [3.8, 4) is 0 Å². The van der Waals surface area contributed by atoms with E-state index in [0.717, 1.165) is 6.42 Å². The number of rotatable bonds is 3. The molecule has 1 saturated heterocycles. The number of nitrogens with zero attached hydrogens (tertiary/aromatic N) is 2. The maximum absolute atomic E-state index is 12.2. The summed E-state index contributed by atoms with van der Waals surface area (Å²) in [4.78, 5) is 24.0. The average Bonchev–Trinajstić information content (AvgIpc) is 2.86. The van der Waals surface area contributed by atoms with Crippen molar-refractivity contribution in [2.75, 3.05) is 25.4 Å². The average molecular weight is 265 g/mol. The van der Waals surface area contributed by atoms with E-state index in [9.17, 15) is 14.9 Å². The summed E-state index contributed by atoms with van der Waals surface area (Å²) in [6.07, 6.45) is 0.733. The summed E-state index contributed by atoms with van der Waals surface area (Å²) in [6, 6.07) is 4.20. The second-order valence-electron chi connectivity index (χ2n) is 4.58. The van der Waals surface area contributed by atoms with Crippen molar-refractivity contribution in [1.29, 1.82) is 0 Å². The Morgan fingerprint density at radius 3 is 2.89 bits per heavy atom. The van der Waals surface area contributed by atoms with Gasteiger partial charge in [-0.15, -0.1) is 0 Å². The van der Waals surface area contributed by atoms with Gasteiger partial charge in [0.1, 0.15) is 5.69 Å². The number of nitro benzene ring substituents is 1. The lowest BCUT2D eigenvalue weighted by atomic mass is 10.1. The summed E-state index contributed by atoms with van der Waals surface area (Å²) in [6.45, 7) is 1.03. The maximum Gasteiger partial charge on any atom is 0.292 e. The molecule has 1 heterocycles. The Balaban J connectivity index is 2.25. The molecule has 1 fully saturated rings. The SMILES string of the molecule is Nc1c(C(=O)N2CCC(CO)C2)cccc1[N+](=O)[O-]. The van der Waals surface area contributed by atoms with E-state index < -0.39 is 4.92 Å². The van der Waals surface area contributed by atoms with Crippen molar-refractivity contribution in [2.45, 2.75) is 6.42 Å². The van der Waals surface area contributed by atoms with E-state index in [0.29, 0.717) is 13.1 Å². The fourth-order valence-corrected chi connectivity index (χ4v) is 2.24. The molecule has 19 heavy (non-hydrogen) atoms. The molecule has 1 amide bonds. The Morgan fingerprint density at radius 2 is 2.32 bits per heavy atom. The molecule has 1 aromatic rings. The largest absolute Gasteiger partial charge is 0.396 e. The molecule has 3 N–H and O–H groups in total. The number of hydrogen-bond acceptors (Lipinski definition) is 5. The number of carbonyl (C=O) groups is 1. The highest BCUT2D eigenvalue weighted by molar-refractivity contribution is 6.01. The van der Waals surface area contributed by atoms with Gasteiger partial charge in [0, 0.05) is 31.7 Å². The van der Waals surface area contributed by atoms with Gasteiger partial charge >= 0.3 is 0 Å². The normalized spacial score (nSPS) is 18.6. The molecule has 102 valence electrons. The third-order valence-corrected chi connectivity index (χ3v) is 3.34. The number of nitrogens with two attached hydrogens (primary N) is 1. The lowest BCUT2D eigenvalue weighted by Gasteiger charge is -2.17. The van der Waals surface area contributed by atoms with Gasteiger partial charge < -0.3 is 15.7 Å². The number of anilines is 1. The number of aliphatic hydroxyl groups is 1. The Labute approximate surface area is 109 Å². The van der Waals surface area contributed by atoms with E-state index in [4.69, 9.17) is 10.8 Å². The molecule has 1 aromatic carbocycles. The van der Waals surface area contributed by atoms with Crippen molar-refractivity contribution >= 4 is 17.3 Å². The Kier molecular flexibility index (Phi) is 3.66. The van der Waals surface area contributed by atoms with Gasteiger partial charge in [-0.3, -0.25) is 14.9 Å². The zero-order valence-electron chi connectivity index (χ0n) is 10.3. The topological polar surface area (TPSA) is 110 Å². The predicted octanol–water partition coefficient (Wildman–Crippen LogP) is 0.631. The minimum Gasteiger partial charge on any atom is -0.396 e. The van der Waals surface area contributed by atoms with E-state index >= 15 is 0 Å². The second-order valence-corrected chi connectivity index (χ2v) is 4.58. The fourth-order valence-electron chi connectivity index (χ4n) is 2.24. The zero-order chi connectivity index (χ0) is 14.0. The standard InChI is InChI=1S/C12H15N3O4/c13-11-9(2-1-3-10(11)15(18)19)12(17)14-5-4-8(6-14)7-16/h1-3,8,16H,4-7,13H2. The van der Waals surface area contributed by atoms with E-state index in [1.807, 2.05) is 0 Å². The van der Waals surface area contributed by atoms with Gasteiger partial charge in [0.2, 0.25) is 0 Å². The van der Waals surface area contributed by atoms with E-state index in [1.54, 1.807) is 4.90 Å². The van der Waals surface area contributed by atoms with Crippen LogP contribution in [0.25, 0.3) is 0 Å². The molecule has 0 spiro atoms. The molecule has 7 heteroatoms. The van der Waals surface area contributed by atoms with Crippen molar-refractivity contribution in [3.05, 3.63) is 33.9 Å². The van der Waals surface area contributed by atoms with Crippen LogP contribution in [0.15, 0.2) is 18.2 Å². The first-order valence-corrected chi connectivity index (χ1v) is 5.97. The number of nitrogen functional groups attached to an aromatic ring is 1. The number of hydrogen-bond donors (Lipinski definition) is 2. The van der Waals surface area contributed by atoms with Gasteiger partial charge in [0.25, 0.3) is 11.6 Å². The monoisotopic (exact) mass is 265 g/mol. The van der Waals surface area contributed by atoms with Crippen LogP contribution in [0.3, 0.4) is 0 Å². The number of carbonyl (C=O) groups excluding carboxylic acids is 1. The predicted molar refractivity (Wildman–Crippen MR) is 68.6 cm³/mol. The van der Waals surface area contributed by atoms with Crippen LogP contribution < -0.4 is 5.73 Å². The molecular formula is C12H15N3O4. The van der Waals surface area contributed by atoms with Gasteiger partial charge in [-0.2, -0.15) is 0 Å². The number of likely N-dealkylation sites (tertiary alicyclic amines) is 1. The third-order valence-electron chi connectivity index (χ3n) is 3.34. The van der Waals surface area contributed by atoms with E-state index in [-0.39, 0.29) is 35.4 Å². The van der Waals surface area contributed by atoms with Gasteiger partial charge in [-0.05, 0) is 12.5 Å². The lowest BCUT2D eigenvalue weighted by Crippen LogP contribution is -2.29. The zero-order valence-corrected chi connectivity index (χ0v) is 10.3. The number of nitro groups is 1. The fraction of sp³-hybridized carbons (Fsp3) is 0.417. The smallest absolute Gasteiger partial charge is 0.292 e. The van der Waals surface area contributed by atoms with Gasteiger partial charge in [-0.1, -0.05) is 6.07 Å². The molecule has 1 aliphatic rings. The van der Waals surface area contributed by atoms with E-state index in [2.05, 4.69) is 0 Å². The van der Waals surface area contributed by atoms with Gasteiger partial charge in [0.05, 0.1) is 10.5 Å². The van der Waals surface area contributed by atoms with Crippen LogP contribution in [0.5, 0.6) is 0 Å². The minimum atomic E-state index is -0.605. The summed E-state index contributed by atoms with van der Waals surface area (Å²) in [5, 5.41) is 19.8. The first-order valence-electron chi connectivity index (χ1n) is 5.97. The highest BCUT2D eigenvalue weighted by Gasteiger charge is 2.29. The Hall–Kier alpha value is -2.15. The van der Waals surface area contributed by atoms with E-state index in [1.165, 1.54) is 18.2 Å². The minimum absolute atomic E-state index is 0.0359. The summed E-state index contributed by atoms with van der Waals surface area (Å²) in [7, 11) is 0. The Bertz CT molecular complexity index is 518. The summed E-state index contributed by atoms with van der Waals surface area (Å²) in [5.74, 6) is -0.249. The molecular weight excluding hydrogens is 250 g/mol. The van der Waals surface area contributed by atoms with Crippen molar-refractivity contribution in [3.63, 3.8) is 0 Å². The van der Waals surface area contributed by atoms with Gasteiger partial charge in [-0.25, -0.2) is 0 Å². The first-order chi connectivity index (χ1) is 9.04. The molecule has 1 atom stereocenters. The molecule has 0 saturated carbocycles. The second kappa shape index (κ2) is 5.23. The molecule has 7 nitrogen and oxygen atoms in total. The van der Waals surface area contributed by atoms with Crippen LogP contribution in [-0.4, -0.2) is 40.5 Å². The number of aliphatic hydroxyl groups excluding tert-OH is 1. The Morgan fingerprint density at radius 1 is 1.58 bits per heavy atom. The van der Waals surface area contributed by atoms with Crippen LogP contribution in [0, 0.1) is 16.0 Å². The van der Waals surface area contributed by atoms with Crippen LogP contribution >= 0.6 is 0 Å².